The van der Waals surface area contributed by atoms with Crippen molar-refractivity contribution in [3.63, 3.8) is 0 Å². The molecule has 5 heteroatoms. The SMILES string of the molecule is C/C=C/c1ccc(OC[C@@H](O)C[NH2+][C@H](CC)CO)c(OC)c1. The fourth-order valence-corrected chi connectivity index (χ4v) is 2.07. The summed E-state index contributed by atoms with van der Waals surface area (Å²) in [6.45, 7) is 4.77. The number of aliphatic hydroxyl groups excluding tert-OH is 2. The summed E-state index contributed by atoms with van der Waals surface area (Å²) in [5, 5.41) is 21.0. The first-order chi connectivity index (χ1) is 10.6. The minimum absolute atomic E-state index is 0.115. The lowest BCUT2D eigenvalue weighted by molar-refractivity contribution is -0.696. The first-order valence-corrected chi connectivity index (χ1v) is 7.70. The molecule has 0 radical (unpaired) electrons. The zero-order chi connectivity index (χ0) is 16.4. The van der Waals surface area contributed by atoms with Gasteiger partial charge in [0.15, 0.2) is 11.5 Å². The van der Waals surface area contributed by atoms with E-state index >= 15 is 0 Å². The Morgan fingerprint density at radius 2 is 2.09 bits per heavy atom. The highest BCUT2D eigenvalue weighted by Crippen LogP contribution is 2.28. The number of allylic oxidation sites excluding steroid dienone is 1. The molecule has 0 unspecified atom stereocenters. The van der Waals surface area contributed by atoms with Crippen LogP contribution in [0.15, 0.2) is 24.3 Å². The Kier molecular flexibility index (Phi) is 8.58. The normalized spacial score (nSPS) is 14.0. The zero-order valence-electron chi connectivity index (χ0n) is 13.7. The number of aliphatic hydroxyl groups is 2. The van der Waals surface area contributed by atoms with E-state index in [4.69, 9.17) is 14.6 Å². The number of methoxy groups -OCH3 is 1. The molecule has 22 heavy (non-hydrogen) atoms. The van der Waals surface area contributed by atoms with Gasteiger partial charge in [0.2, 0.25) is 0 Å². The van der Waals surface area contributed by atoms with E-state index in [1.807, 2.05) is 49.5 Å². The van der Waals surface area contributed by atoms with E-state index in [-0.39, 0.29) is 19.3 Å². The molecule has 0 saturated heterocycles. The molecule has 0 saturated carbocycles. The minimum atomic E-state index is -0.597. The molecule has 0 aliphatic heterocycles. The van der Waals surface area contributed by atoms with E-state index in [2.05, 4.69) is 0 Å². The number of ether oxygens (including phenoxy) is 2. The Morgan fingerprint density at radius 3 is 2.68 bits per heavy atom. The summed E-state index contributed by atoms with van der Waals surface area (Å²) < 4.78 is 11.0. The van der Waals surface area contributed by atoms with Crippen molar-refractivity contribution in [1.29, 1.82) is 0 Å². The fraction of sp³-hybridized carbons (Fsp3) is 0.529. The van der Waals surface area contributed by atoms with Crippen molar-refractivity contribution in [2.24, 2.45) is 0 Å². The van der Waals surface area contributed by atoms with Crippen LogP contribution in [0.2, 0.25) is 0 Å². The van der Waals surface area contributed by atoms with Gasteiger partial charge in [0.1, 0.15) is 25.3 Å². The van der Waals surface area contributed by atoms with Gasteiger partial charge in [0.05, 0.1) is 13.7 Å². The number of nitrogens with two attached hydrogens (primary N) is 1. The molecule has 1 aromatic carbocycles. The van der Waals surface area contributed by atoms with Gasteiger partial charge < -0.3 is 25.0 Å². The molecule has 4 N–H and O–H groups in total. The van der Waals surface area contributed by atoms with Gasteiger partial charge in [-0.25, -0.2) is 0 Å². The highest BCUT2D eigenvalue weighted by atomic mass is 16.5. The van der Waals surface area contributed by atoms with Crippen LogP contribution >= 0.6 is 0 Å². The van der Waals surface area contributed by atoms with E-state index < -0.39 is 6.10 Å². The summed E-state index contributed by atoms with van der Waals surface area (Å²) in [6, 6.07) is 5.80. The average Bonchev–Trinajstić information content (AvgIpc) is 2.54. The molecule has 0 amide bonds. The van der Waals surface area contributed by atoms with Crippen LogP contribution in [0.25, 0.3) is 6.08 Å². The van der Waals surface area contributed by atoms with Crippen molar-refractivity contribution in [2.75, 3.05) is 26.9 Å². The molecular weight excluding hydrogens is 282 g/mol. The standard InChI is InChI=1S/C17H27NO4/c1-4-6-13-7-8-16(17(9-13)21-3)22-12-15(20)10-18-14(5-2)11-19/h4,6-9,14-15,18-20H,5,10-12H2,1-3H3/p+1/b6-4+/t14-,15+/m1/s1. The fourth-order valence-electron chi connectivity index (χ4n) is 2.07. The van der Waals surface area contributed by atoms with Crippen molar-refractivity contribution >= 4 is 6.08 Å². The first kappa shape index (κ1) is 18.5. The van der Waals surface area contributed by atoms with Crippen LogP contribution in [0.3, 0.4) is 0 Å². The Morgan fingerprint density at radius 1 is 1.32 bits per heavy atom. The van der Waals surface area contributed by atoms with Crippen molar-refractivity contribution in [3.05, 3.63) is 29.8 Å². The van der Waals surface area contributed by atoms with Crippen LogP contribution in [-0.2, 0) is 0 Å². The number of hydrogen-bond donors (Lipinski definition) is 3. The highest BCUT2D eigenvalue weighted by Gasteiger charge is 2.14. The van der Waals surface area contributed by atoms with E-state index in [9.17, 15) is 5.11 Å². The van der Waals surface area contributed by atoms with Gasteiger partial charge in [0.25, 0.3) is 0 Å². The topological polar surface area (TPSA) is 75.5 Å². The second kappa shape index (κ2) is 10.2. The molecule has 0 aliphatic carbocycles. The maximum absolute atomic E-state index is 9.96. The molecule has 0 spiro atoms. The van der Waals surface area contributed by atoms with Gasteiger partial charge in [0, 0.05) is 0 Å². The number of quaternary nitrogens is 1. The minimum Gasteiger partial charge on any atom is -0.493 e. The van der Waals surface area contributed by atoms with Crippen LogP contribution < -0.4 is 14.8 Å². The average molecular weight is 310 g/mol. The van der Waals surface area contributed by atoms with E-state index in [0.717, 1.165) is 12.0 Å². The maximum atomic E-state index is 9.96. The summed E-state index contributed by atoms with van der Waals surface area (Å²) in [4.78, 5) is 0. The molecule has 0 fully saturated rings. The third-order valence-corrected chi connectivity index (χ3v) is 3.48. The quantitative estimate of drug-likeness (QED) is 0.597. The maximum Gasteiger partial charge on any atom is 0.161 e. The summed E-state index contributed by atoms with van der Waals surface area (Å²) in [7, 11) is 1.60. The lowest BCUT2D eigenvalue weighted by Gasteiger charge is -2.16. The molecule has 2 atom stereocenters. The lowest BCUT2D eigenvalue weighted by Crippen LogP contribution is -2.92. The van der Waals surface area contributed by atoms with Crippen LogP contribution in [0.1, 0.15) is 25.8 Å². The molecule has 1 aromatic rings. The number of benzene rings is 1. The molecule has 124 valence electrons. The Hall–Kier alpha value is -1.56. The third-order valence-electron chi connectivity index (χ3n) is 3.48. The Balaban J connectivity index is 2.52. The van der Waals surface area contributed by atoms with E-state index in [0.29, 0.717) is 18.0 Å². The van der Waals surface area contributed by atoms with E-state index in [1.165, 1.54) is 0 Å². The molecule has 1 rings (SSSR count). The zero-order valence-corrected chi connectivity index (χ0v) is 13.7. The largest absolute Gasteiger partial charge is 0.493 e. The van der Waals surface area contributed by atoms with Crippen LogP contribution in [0.5, 0.6) is 11.5 Å². The van der Waals surface area contributed by atoms with Crippen molar-refractivity contribution in [1.82, 2.24) is 0 Å². The predicted octanol–water partition coefficient (Wildman–Crippen LogP) is 0.802. The summed E-state index contributed by atoms with van der Waals surface area (Å²) in [5.41, 5.74) is 1.04. The van der Waals surface area contributed by atoms with E-state index in [1.54, 1.807) is 7.11 Å². The molecular formula is C17H28NO4+. The van der Waals surface area contributed by atoms with Crippen LogP contribution in [0.4, 0.5) is 0 Å². The molecule has 0 aromatic heterocycles. The van der Waals surface area contributed by atoms with Crippen molar-refractivity contribution in [3.8, 4) is 11.5 Å². The summed E-state index contributed by atoms with van der Waals surface area (Å²) in [6.07, 6.45) is 4.21. The monoisotopic (exact) mass is 310 g/mol. The second-order valence-corrected chi connectivity index (χ2v) is 5.20. The van der Waals surface area contributed by atoms with Gasteiger partial charge >= 0.3 is 0 Å². The molecule has 0 heterocycles. The van der Waals surface area contributed by atoms with Gasteiger partial charge in [-0.1, -0.05) is 25.1 Å². The molecule has 0 bridgehead atoms. The van der Waals surface area contributed by atoms with Gasteiger partial charge in [-0.15, -0.1) is 0 Å². The molecule has 0 aliphatic rings. The van der Waals surface area contributed by atoms with Crippen molar-refractivity contribution < 1.29 is 25.0 Å². The Labute approximate surface area is 132 Å². The van der Waals surface area contributed by atoms with Gasteiger partial charge in [-0.05, 0) is 31.0 Å². The van der Waals surface area contributed by atoms with Crippen LogP contribution in [-0.4, -0.2) is 49.2 Å². The highest BCUT2D eigenvalue weighted by molar-refractivity contribution is 5.55. The predicted molar refractivity (Wildman–Crippen MR) is 87.2 cm³/mol. The van der Waals surface area contributed by atoms with Crippen LogP contribution in [0, 0.1) is 0 Å². The van der Waals surface area contributed by atoms with Gasteiger partial charge in [-0.2, -0.15) is 0 Å². The van der Waals surface area contributed by atoms with Crippen molar-refractivity contribution in [2.45, 2.75) is 32.4 Å². The third kappa shape index (κ3) is 6.05. The Bertz CT molecular complexity index is 458. The van der Waals surface area contributed by atoms with Gasteiger partial charge in [-0.3, -0.25) is 0 Å². The smallest absolute Gasteiger partial charge is 0.161 e. The number of hydrogen-bond acceptors (Lipinski definition) is 4. The first-order valence-electron chi connectivity index (χ1n) is 7.70. The summed E-state index contributed by atoms with van der Waals surface area (Å²) >= 11 is 0. The molecule has 5 nitrogen and oxygen atoms in total. The summed E-state index contributed by atoms with van der Waals surface area (Å²) in [5.74, 6) is 1.26. The number of rotatable bonds is 10. The lowest BCUT2D eigenvalue weighted by atomic mass is 10.2. The second-order valence-electron chi connectivity index (χ2n) is 5.20.